The first-order valence-electron chi connectivity index (χ1n) is 7.14. The molecule has 2 aromatic carbocycles. The number of nitrogens with zero attached hydrogens (tertiary/aromatic N) is 1. The highest BCUT2D eigenvalue weighted by Crippen LogP contribution is 2.22. The lowest BCUT2D eigenvalue weighted by Gasteiger charge is -2.06. The lowest BCUT2D eigenvalue weighted by atomic mass is 10.2. The second-order valence-corrected chi connectivity index (χ2v) is 6.27. The van der Waals surface area contributed by atoms with Gasteiger partial charge in [-0.15, -0.1) is 11.8 Å². The van der Waals surface area contributed by atoms with Crippen LogP contribution in [0.3, 0.4) is 0 Å². The predicted molar refractivity (Wildman–Crippen MR) is 93.8 cm³/mol. The molecule has 1 amide bonds. The Balaban J connectivity index is 1.86. The molecule has 0 saturated heterocycles. The van der Waals surface area contributed by atoms with Crippen LogP contribution in [-0.2, 0) is 10.5 Å². The maximum Gasteiger partial charge on any atom is 0.274 e. The van der Waals surface area contributed by atoms with Crippen LogP contribution in [0.4, 0.5) is 11.4 Å². The number of hydrogen-bond donors (Lipinski definition) is 1. The number of carbonyl (C=O) groups excluding carboxylic acids is 1. The van der Waals surface area contributed by atoms with Crippen LogP contribution in [0.25, 0.3) is 0 Å². The number of rotatable bonds is 6. The fourth-order valence-corrected chi connectivity index (χ4v) is 2.81. The van der Waals surface area contributed by atoms with Gasteiger partial charge in [0.05, 0.1) is 10.7 Å². The van der Waals surface area contributed by atoms with Crippen molar-refractivity contribution >= 4 is 29.0 Å². The van der Waals surface area contributed by atoms with E-state index in [9.17, 15) is 14.9 Å². The summed E-state index contributed by atoms with van der Waals surface area (Å²) in [5.41, 5.74) is 3.40. The molecule has 0 saturated carbocycles. The minimum Gasteiger partial charge on any atom is -0.325 e. The first-order chi connectivity index (χ1) is 11.0. The SMILES string of the molecule is Cc1ccc(CSCC(=O)Nc2ccc(C)c([N+](=O)[O-])c2)cc1. The maximum atomic E-state index is 11.9. The number of hydrogen-bond acceptors (Lipinski definition) is 4. The van der Waals surface area contributed by atoms with Crippen LogP contribution < -0.4 is 5.32 Å². The number of nitro groups is 1. The summed E-state index contributed by atoms with van der Waals surface area (Å²) in [6, 6.07) is 12.9. The Morgan fingerprint density at radius 1 is 1.17 bits per heavy atom. The molecule has 0 radical (unpaired) electrons. The normalized spacial score (nSPS) is 10.3. The Labute approximate surface area is 139 Å². The van der Waals surface area contributed by atoms with Crippen molar-refractivity contribution in [2.75, 3.05) is 11.1 Å². The summed E-state index contributed by atoms with van der Waals surface area (Å²) in [5, 5.41) is 13.6. The molecule has 2 aromatic rings. The summed E-state index contributed by atoms with van der Waals surface area (Å²) in [6.07, 6.45) is 0. The van der Waals surface area contributed by atoms with Gasteiger partial charge in [0, 0.05) is 23.1 Å². The Morgan fingerprint density at radius 2 is 1.87 bits per heavy atom. The summed E-state index contributed by atoms with van der Waals surface area (Å²) >= 11 is 1.51. The molecular formula is C17H18N2O3S. The van der Waals surface area contributed by atoms with Gasteiger partial charge in [0.2, 0.25) is 5.91 Å². The Bertz CT molecular complexity index is 714. The summed E-state index contributed by atoms with van der Waals surface area (Å²) < 4.78 is 0. The van der Waals surface area contributed by atoms with E-state index in [0.29, 0.717) is 17.0 Å². The summed E-state index contributed by atoms with van der Waals surface area (Å²) in [6.45, 7) is 3.70. The topological polar surface area (TPSA) is 72.2 Å². The van der Waals surface area contributed by atoms with Gasteiger partial charge in [-0.05, 0) is 25.5 Å². The van der Waals surface area contributed by atoms with Crippen molar-refractivity contribution in [2.45, 2.75) is 19.6 Å². The van der Waals surface area contributed by atoms with Gasteiger partial charge < -0.3 is 5.32 Å². The largest absolute Gasteiger partial charge is 0.325 e. The van der Waals surface area contributed by atoms with Crippen molar-refractivity contribution in [3.8, 4) is 0 Å². The molecule has 2 rings (SSSR count). The molecule has 0 unspecified atom stereocenters. The van der Waals surface area contributed by atoms with Gasteiger partial charge in [0.15, 0.2) is 0 Å². The number of nitro benzene ring substituents is 1. The van der Waals surface area contributed by atoms with Crippen LogP contribution in [0, 0.1) is 24.0 Å². The van der Waals surface area contributed by atoms with Crippen molar-refractivity contribution in [1.29, 1.82) is 0 Å². The molecule has 0 heterocycles. The maximum absolute atomic E-state index is 11.9. The molecule has 120 valence electrons. The van der Waals surface area contributed by atoms with Crippen molar-refractivity contribution in [3.05, 3.63) is 69.3 Å². The first kappa shape index (κ1) is 17.0. The van der Waals surface area contributed by atoms with Gasteiger partial charge in [0.1, 0.15) is 0 Å². The minimum absolute atomic E-state index is 0.00936. The van der Waals surface area contributed by atoms with Gasteiger partial charge in [-0.25, -0.2) is 0 Å². The van der Waals surface area contributed by atoms with Gasteiger partial charge in [0.25, 0.3) is 5.69 Å². The van der Waals surface area contributed by atoms with Crippen LogP contribution in [0.2, 0.25) is 0 Å². The molecular weight excluding hydrogens is 312 g/mol. The zero-order chi connectivity index (χ0) is 16.8. The summed E-state index contributed by atoms with van der Waals surface area (Å²) in [4.78, 5) is 22.4. The summed E-state index contributed by atoms with van der Waals surface area (Å²) in [5.74, 6) is 0.886. The van der Waals surface area contributed by atoms with E-state index in [1.807, 2.05) is 31.2 Å². The van der Waals surface area contributed by atoms with Crippen molar-refractivity contribution < 1.29 is 9.72 Å². The second kappa shape index (κ2) is 7.78. The molecule has 0 aliphatic carbocycles. The average Bonchev–Trinajstić information content (AvgIpc) is 2.51. The van der Waals surface area contributed by atoms with Crippen molar-refractivity contribution in [3.63, 3.8) is 0 Å². The van der Waals surface area contributed by atoms with Gasteiger partial charge in [-0.1, -0.05) is 35.9 Å². The number of carbonyl (C=O) groups is 1. The quantitative estimate of drug-likeness (QED) is 0.640. The van der Waals surface area contributed by atoms with E-state index in [-0.39, 0.29) is 11.6 Å². The molecule has 5 nitrogen and oxygen atoms in total. The third kappa shape index (κ3) is 5.10. The molecule has 0 spiro atoms. The summed E-state index contributed by atoms with van der Waals surface area (Å²) in [7, 11) is 0. The lowest BCUT2D eigenvalue weighted by Crippen LogP contribution is -2.14. The molecule has 23 heavy (non-hydrogen) atoms. The fraction of sp³-hybridized carbons (Fsp3) is 0.235. The Morgan fingerprint density at radius 3 is 2.52 bits per heavy atom. The van der Waals surface area contributed by atoms with Crippen LogP contribution in [0.15, 0.2) is 42.5 Å². The number of anilines is 1. The number of amides is 1. The highest BCUT2D eigenvalue weighted by atomic mass is 32.2. The standard InChI is InChI=1S/C17H18N2O3S/c1-12-3-6-14(7-4-12)10-23-11-17(20)18-15-8-5-13(2)16(9-15)19(21)22/h3-9H,10-11H2,1-2H3,(H,18,20). The predicted octanol–water partition coefficient (Wildman–Crippen LogP) is 4.08. The van der Waals surface area contributed by atoms with E-state index in [1.165, 1.54) is 29.0 Å². The molecule has 6 heteroatoms. The third-order valence-corrected chi connectivity index (χ3v) is 4.32. The molecule has 0 atom stereocenters. The van der Waals surface area contributed by atoms with E-state index < -0.39 is 4.92 Å². The van der Waals surface area contributed by atoms with E-state index in [2.05, 4.69) is 5.32 Å². The molecule has 1 N–H and O–H groups in total. The lowest BCUT2D eigenvalue weighted by molar-refractivity contribution is -0.385. The molecule has 0 bridgehead atoms. The van der Waals surface area contributed by atoms with E-state index >= 15 is 0 Å². The Kier molecular flexibility index (Phi) is 5.76. The van der Waals surface area contributed by atoms with E-state index in [4.69, 9.17) is 0 Å². The molecule has 0 aromatic heterocycles. The second-order valence-electron chi connectivity index (χ2n) is 5.28. The minimum atomic E-state index is -0.447. The number of aryl methyl sites for hydroxylation is 2. The first-order valence-corrected chi connectivity index (χ1v) is 8.29. The van der Waals surface area contributed by atoms with E-state index in [1.54, 1.807) is 19.1 Å². The highest BCUT2D eigenvalue weighted by molar-refractivity contribution is 7.99. The molecule has 0 aliphatic rings. The van der Waals surface area contributed by atoms with Gasteiger partial charge >= 0.3 is 0 Å². The smallest absolute Gasteiger partial charge is 0.274 e. The number of nitrogens with one attached hydrogen (secondary N) is 1. The van der Waals surface area contributed by atoms with Gasteiger partial charge in [-0.2, -0.15) is 0 Å². The molecule has 0 aliphatic heterocycles. The van der Waals surface area contributed by atoms with Crippen molar-refractivity contribution in [2.24, 2.45) is 0 Å². The number of thioether (sulfide) groups is 1. The van der Waals surface area contributed by atoms with Crippen LogP contribution in [0.1, 0.15) is 16.7 Å². The van der Waals surface area contributed by atoms with Gasteiger partial charge in [-0.3, -0.25) is 14.9 Å². The Hall–Kier alpha value is -2.34. The zero-order valence-electron chi connectivity index (χ0n) is 13.0. The number of benzene rings is 2. The zero-order valence-corrected chi connectivity index (χ0v) is 13.9. The molecule has 0 fully saturated rings. The van der Waals surface area contributed by atoms with Crippen LogP contribution in [-0.4, -0.2) is 16.6 Å². The fourth-order valence-electron chi connectivity index (χ4n) is 2.03. The monoisotopic (exact) mass is 330 g/mol. The van der Waals surface area contributed by atoms with Crippen LogP contribution in [0.5, 0.6) is 0 Å². The van der Waals surface area contributed by atoms with E-state index in [0.717, 1.165) is 5.75 Å². The third-order valence-electron chi connectivity index (χ3n) is 3.31. The van der Waals surface area contributed by atoms with Crippen LogP contribution >= 0.6 is 11.8 Å². The van der Waals surface area contributed by atoms with Crippen molar-refractivity contribution in [1.82, 2.24) is 0 Å². The average molecular weight is 330 g/mol. The highest BCUT2D eigenvalue weighted by Gasteiger charge is 2.12.